The molecule has 5 heteroatoms. The van der Waals surface area contributed by atoms with Crippen LogP contribution in [0.3, 0.4) is 0 Å². The van der Waals surface area contributed by atoms with Crippen molar-refractivity contribution in [3.05, 3.63) is 101 Å². The fourth-order valence-electron chi connectivity index (χ4n) is 3.06. The fraction of sp³-hybridized carbons (Fsp3) is 0.174. The van der Waals surface area contributed by atoms with Gasteiger partial charge in [0.05, 0.1) is 24.8 Å². The van der Waals surface area contributed by atoms with Crippen LogP contribution in [0, 0.1) is 23.0 Å². The van der Waals surface area contributed by atoms with Crippen molar-refractivity contribution in [3.63, 3.8) is 0 Å². The second kappa shape index (κ2) is 8.64. The maximum absolute atomic E-state index is 13.6. The largest absolute Gasteiger partial charge is 0.497 e. The number of methoxy groups -OCH3 is 1. The maximum Gasteiger partial charge on any atom is 0.159 e. The van der Waals surface area contributed by atoms with Crippen LogP contribution in [-0.4, -0.2) is 7.11 Å². The number of hydrogen-bond donors (Lipinski definition) is 1. The lowest BCUT2D eigenvalue weighted by atomic mass is 9.96. The molecule has 0 radical (unpaired) electrons. The summed E-state index contributed by atoms with van der Waals surface area (Å²) in [6.45, 7) is 1.90. The van der Waals surface area contributed by atoms with Gasteiger partial charge in [-0.05, 0) is 60.0 Å². The lowest BCUT2D eigenvalue weighted by molar-refractivity contribution is 0.414. The van der Waals surface area contributed by atoms with Gasteiger partial charge in [-0.3, -0.25) is 5.32 Å². The lowest BCUT2D eigenvalue weighted by Gasteiger charge is -2.25. The zero-order valence-corrected chi connectivity index (χ0v) is 15.6. The van der Waals surface area contributed by atoms with Crippen LogP contribution in [0.1, 0.15) is 41.3 Å². The SMILES string of the molecule is COc1ccc(C(NC(C)c2ccc(F)c(F)c2)c2ccc(C#N)cc2)cc1. The predicted molar refractivity (Wildman–Crippen MR) is 104 cm³/mol. The van der Waals surface area contributed by atoms with E-state index in [1.165, 1.54) is 6.07 Å². The van der Waals surface area contributed by atoms with Crippen molar-refractivity contribution in [2.45, 2.75) is 19.0 Å². The monoisotopic (exact) mass is 378 g/mol. The van der Waals surface area contributed by atoms with E-state index in [1.807, 2.05) is 43.3 Å². The molecule has 3 nitrogen and oxygen atoms in total. The van der Waals surface area contributed by atoms with Gasteiger partial charge in [0.15, 0.2) is 11.6 Å². The summed E-state index contributed by atoms with van der Waals surface area (Å²) in [5.41, 5.74) is 3.16. The van der Waals surface area contributed by atoms with Gasteiger partial charge in [-0.15, -0.1) is 0 Å². The number of benzene rings is 3. The number of halogens is 2. The number of nitrogens with zero attached hydrogens (tertiary/aromatic N) is 1. The van der Waals surface area contributed by atoms with E-state index in [2.05, 4.69) is 11.4 Å². The van der Waals surface area contributed by atoms with Crippen LogP contribution >= 0.6 is 0 Å². The highest BCUT2D eigenvalue weighted by Gasteiger charge is 2.19. The molecule has 1 N–H and O–H groups in total. The van der Waals surface area contributed by atoms with E-state index in [0.717, 1.165) is 22.9 Å². The summed E-state index contributed by atoms with van der Waals surface area (Å²) in [4.78, 5) is 0. The Morgan fingerprint density at radius 2 is 1.43 bits per heavy atom. The number of nitriles is 1. The van der Waals surface area contributed by atoms with Crippen molar-refractivity contribution in [2.24, 2.45) is 0 Å². The van der Waals surface area contributed by atoms with E-state index in [0.29, 0.717) is 11.1 Å². The summed E-state index contributed by atoms with van der Waals surface area (Å²) >= 11 is 0. The minimum absolute atomic E-state index is 0.207. The standard InChI is InChI=1S/C23H20F2N2O/c1-15(19-9-12-21(24)22(25)13-19)27-23(17-5-3-16(14-26)4-6-17)18-7-10-20(28-2)11-8-18/h3-13,15,23,27H,1-2H3. The zero-order valence-electron chi connectivity index (χ0n) is 15.6. The summed E-state index contributed by atoms with van der Waals surface area (Å²) in [6, 6.07) is 20.5. The van der Waals surface area contributed by atoms with E-state index in [-0.39, 0.29) is 12.1 Å². The molecule has 0 aliphatic carbocycles. The lowest BCUT2D eigenvalue weighted by Crippen LogP contribution is -2.25. The molecule has 3 aromatic carbocycles. The zero-order chi connectivity index (χ0) is 20.1. The van der Waals surface area contributed by atoms with Gasteiger partial charge in [0.2, 0.25) is 0 Å². The first-order valence-corrected chi connectivity index (χ1v) is 8.87. The molecule has 0 saturated heterocycles. The van der Waals surface area contributed by atoms with Gasteiger partial charge in [-0.2, -0.15) is 5.26 Å². The molecule has 0 aliphatic rings. The van der Waals surface area contributed by atoms with Gasteiger partial charge in [0.1, 0.15) is 5.75 Å². The van der Waals surface area contributed by atoms with Gasteiger partial charge in [0.25, 0.3) is 0 Å². The van der Waals surface area contributed by atoms with Crippen molar-refractivity contribution >= 4 is 0 Å². The molecule has 0 amide bonds. The molecular weight excluding hydrogens is 358 g/mol. The van der Waals surface area contributed by atoms with Crippen molar-refractivity contribution in [3.8, 4) is 11.8 Å². The summed E-state index contributed by atoms with van der Waals surface area (Å²) in [5, 5.41) is 12.5. The number of nitrogens with one attached hydrogen (secondary N) is 1. The molecule has 2 unspecified atom stereocenters. The van der Waals surface area contributed by atoms with E-state index in [1.54, 1.807) is 25.3 Å². The molecule has 0 fully saturated rings. The third kappa shape index (κ3) is 4.36. The summed E-state index contributed by atoms with van der Waals surface area (Å²) in [6.07, 6.45) is 0. The Morgan fingerprint density at radius 3 is 1.96 bits per heavy atom. The summed E-state index contributed by atoms with van der Waals surface area (Å²) in [7, 11) is 1.61. The Bertz CT molecular complexity index is 979. The van der Waals surface area contributed by atoms with Gasteiger partial charge < -0.3 is 4.74 Å². The predicted octanol–water partition coefficient (Wildman–Crippen LogP) is 5.29. The first-order chi connectivity index (χ1) is 13.5. The molecule has 3 rings (SSSR count). The van der Waals surface area contributed by atoms with E-state index >= 15 is 0 Å². The highest BCUT2D eigenvalue weighted by molar-refractivity contribution is 5.39. The Labute approximate surface area is 163 Å². The third-order valence-corrected chi connectivity index (χ3v) is 4.68. The van der Waals surface area contributed by atoms with Crippen LogP contribution in [0.2, 0.25) is 0 Å². The van der Waals surface area contributed by atoms with Gasteiger partial charge in [-0.25, -0.2) is 8.78 Å². The van der Waals surface area contributed by atoms with Crippen LogP contribution in [-0.2, 0) is 0 Å². The quantitative estimate of drug-likeness (QED) is 0.634. The number of rotatable bonds is 6. The Morgan fingerprint density at radius 1 is 0.857 bits per heavy atom. The molecule has 28 heavy (non-hydrogen) atoms. The van der Waals surface area contributed by atoms with E-state index < -0.39 is 11.6 Å². The van der Waals surface area contributed by atoms with Crippen molar-refractivity contribution in [1.82, 2.24) is 5.32 Å². The highest BCUT2D eigenvalue weighted by atomic mass is 19.2. The van der Waals surface area contributed by atoms with Gasteiger partial charge in [0, 0.05) is 6.04 Å². The highest BCUT2D eigenvalue weighted by Crippen LogP contribution is 2.28. The summed E-state index contributed by atoms with van der Waals surface area (Å²) < 4.78 is 32.1. The topological polar surface area (TPSA) is 45.0 Å². The van der Waals surface area contributed by atoms with Crippen LogP contribution in [0.4, 0.5) is 8.78 Å². The first kappa shape index (κ1) is 19.5. The molecule has 0 aliphatic heterocycles. The molecule has 0 saturated carbocycles. The van der Waals surface area contributed by atoms with Crippen molar-refractivity contribution < 1.29 is 13.5 Å². The Kier molecular flexibility index (Phi) is 6.03. The maximum atomic E-state index is 13.6. The molecule has 0 bridgehead atoms. The van der Waals surface area contributed by atoms with Crippen LogP contribution in [0.15, 0.2) is 66.7 Å². The summed E-state index contributed by atoms with van der Waals surface area (Å²) in [5.74, 6) is -0.990. The van der Waals surface area contributed by atoms with Crippen LogP contribution < -0.4 is 10.1 Å². The van der Waals surface area contributed by atoms with Gasteiger partial charge >= 0.3 is 0 Å². The molecule has 0 heterocycles. The molecule has 3 aromatic rings. The molecule has 0 spiro atoms. The van der Waals surface area contributed by atoms with Crippen molar-refractivity contribution in [2.75, 3.05) is 7.11 Å². The van der Waals surface area contributed by atoms with Crippen LogP contribution in [0.25, 0.3) is 0 Å². The average Bonchev–Trinajstić information content (AvgIpc) is 2.74. The fourth-order valence-corrected chi connectivity index (χ4v) is 3.06. The van der Waals surface area contributed by atoms with E-state index in [4.69, 9.17) is 10.00 Å². The van der Waals surface area contributed by atoms with Crippen molar-refractivity contribution in [1.29, 1.82) is 5.26 Å². The van der Waals surface area contributed by atoms with Crippen LogP contribution in [0.5, 0.6) is 5.75 Å². The minimum atomic E-state index is -0.870. The third-order valence-electron chi connectivity index (χ3n) is 4.68. The minimum Gasteiger partial charge on any atom is -0.497 e. The molecule has 142 valence electrons. The van der Waals surface area contributed by atoms with Gasteiger partial charge in [-0.1, -0.05) is 30.3 Å². The first-order valence-electron chi connectivity index (χ1n) is 8.87. The Hall–Kier alpha value is -3.23. The second-order valence-corrected chi connectivity index (χ2v) is 6.50. The second-order valence-electron chi connectivity index (χ2n) is 6.50. The molecule has 0 aromatic heterocycles. The smallest absolute Gasteiger partial charge is 0.159 e. The van der Waals surface area contributed by atoms with E-state index in [9.17, 15) is 8.78 Å². The molecule has 2 atom stereocenters. The normalized spacial score (nSPS) is 12.8. The average molecular weight is 378 g/mol. The number of ether oxygens (including phenoxy) is 1. The molecular formula is C23H20F2N2O. The number of hydrogen-bond acceptors (Lipinski definition) is 3. The Balaban J connectivity index is 1.94.